The van der Waals surface area contributed by atoms with Gasteiger partial charge in [-0.2, -0.15) is 0 Å². The summed E-state index contributed by atoms with van der Waals surface area (Å²) in [6, 6.07) is 17.6. The second-order valence-electron chi connectivity index (χ2n) is 9.92. The molecule has 0 aromatic heterocycles. The fraction of sp³-hybridized carbons (Fsp3) is 0.625. The first-order valence-corrected chi connectivity index (χ1v) is 13.9. The molecule has 0 aliphatic carbocycles. The fourth-order valence-electron chi connectivity index (χ4n) is 4.69. The highest BCUT2D eigenvalue weighted by molar-refractivity contribution is 5.26. The molecule has 0 heterocycles. The van der Waals surface area contributed by atoms with E-state index in [0.717, 1.165) is 13.2 Å². The van der Waals surface area contributed by atoms with E-state index in [-0.39, 0.29) is 0 Å². The Labute approximate surface area is 205 Å². The molecule has 0 aliphatic heterocycles. The molecule has 0 saturated heterocycles. The fourth-order valence-corrected chi connectivity index (χ4v) is 4.69. The molecule has 0 spiro atoms. The van der Waals surface area contributed by atoms with E-state index in [2.05, 4.69) is 62.4 Å². The zero-order chi connectivity index (χ0) is 23.4. The number of unbranched alkanes of at least 4 members (excludes halogenated alkanes) is 12. The van der Waals surface area contributed by atoms with Crippen LogP contribution in [0.2, 0.25) is 0 Å². The molecule has 0 aliphatic rings. The molecule has 0 saturated carbocycles. The van der Waals surface area contributed by atoms with E-state index < -0.39 is 0 Å². The summed E-state index contributed by atoms with van der Waals surface area (Å²) in [6.07, 6.45) is 21.3. The first-order chi connectivity index (χ1) is 16.3. The van der Waals surface area contributed by atoms with Crippen molar-refractivity contribution in [3.63, 3.8) is 0 Å². The van der Waals surface area contributed by atoms with Crippen LogP contribution in [-0.4, -0.2) is 13.2 Å². The molecule has 0 unspecified atom stereocenters. The van der Waals surface area contributed by atoms with Crippen LogP contribution in [0, 0.1) is 13.8 Å². The van der Waals surface area contributed by atoms with Crippen molar-refractivity contribution >= 4 is 0 Å². The Balaban J connectivity index is 1.25. The Bertz CT molecular complexity index is 658. The molecule has 1 nitrogen and oxygen atoms in total. The van der Waals surface area contributed by atoms with Crippen molar-refractivity contribution in [1.82, 2.24) is 0 Å². The van der Waals surface area contributed by atoms with Gasteiger partial charge in [-0.25, -0.2) is 0 Å². The normalized spacial score (nSPS) is 11.2. The van der Waals surface area contributed by atoms with E-state index in [1.807, 2.05) is 0 Å². The molecule has 1 heteroatoms. The highest BCUT2D eigenvalue weighted by Gasteiger charge is 1.99. The van der Waals surface area contributed by atoms with Gasteiger partial charge in [-0.05, 0) is 74.6 Å². The number of hydrogen-bond acceptors (Lipinski definition) is 1. The Morgan fingerprint density at radius 1 is 0.424 bits per heavy atom. The SMILES string of the molecule is Cc1ccccc1CCCCCCCCCOCCCCCCCCCc1ccccc1C. The van der Waals surface area contributed by atoms with Gasteiger partial charge in [0.05, 0.1) is 0 Å². The first-order valence-electron chi connectivity index (χ1n) is 13.9. The molecule has 0 radical (unpaired) electrons. The average Bonchev–Trinajstić information content (AvgIpc) is 2.82. The molecule has 2 rings (SSSR count). The van der Waals surface area contributed by atoms with Gasteiger partial charge in [-0.15, -0.1) is 0 Å². The molecule has 2 aromatic carbocycles. The molecule has 184 valence electrons. The standard InChI is InChI=1S/C32H50O/c1-29-21-15-17-25-31(29)23-13-9-5-3-7-11-19-27-33-28-20-12-8-4-6-10-14-24-32-26-18-16-22-30(32)2/h15-18,21-22,25-26H,3-14,19-20,23-24,27-28H2,1-2H3. The molecule has 0 atom stereocenters. The maximum Gasteiger partial charge on any atom is 0.0466 e. The topological polar surface area (TPSA) is 9.23 Å². The lowest BCUT2D eigenvalue weighted by Gasteiger charge is -2.06. The highest BCUT2D eigenvalue weighted by atomic mass is 16.5. The predicted octanol–water partition coefficient (Wildman–Crippen LogP) is 9.57. The van der Waals surface area contributed by atoms with Crippen molar-refractivity contribution in [1.29, 1.82) is 0 Å². The quantitative estimate of drug-likeness (QED) is 0.182. The lowest BCUT2D eigenvalue weighted by atomic mass is 10.0. The summed E-state index contributed by atoms with van der Waals surface area (Å²) in [6.45, 7) is 6.39. The van der Waals surface area contributed by atoms with Gasteiger partial charge in [0.1, 0.15) is 0 Å². The van der Waals surface area contributed by atoms with Crippen LogP contribution < -0.4 is 0 Å². The Hall–Kier alpha value is -1.60. The second-order valence-corrected chi connectivity index (χ2v) is 9.92. The molecule has 0 fully saturated rings. The molecule has 0 bridgehead atoms. The van der Waals surface area contributed by atoms with Crippen LogP contribution in [0.25, 0.3) is 0 Å². The third-order valence-corrected chi connectivity index (χ3v) is 6.99. The molecule has 33 heavy (non-hydrogen) atoms. The van der Waals surface area contributed by atoms with Crippen LogP contribution in [0.15, 0.2) is 48.5 Å². The third-order valence-electron chi connectivity index (χ3n) is 6.99. The van der Waals surface area contributed by atoms with Crippen molar-refractivity contribution in [2.24, 2.45) is 0 Å². The lowest BCUT2D eigenvalue weighted by molar-refractivity contribution is 0.125. The molecule has 0 N–H and O–H groups in total. The summed E-state index contributed by atoms with van der Waals surface area (Å²) < 4.78 is 5.84. The van der Waals surface area contributed by atoms with E-state index in [1.54, 1.807) is 0 Å². The minimum Gasteiger partial charge on any atom is -0.381 e. The maximum atomic E-state index is 5.84. The Kier molecular flexibility index (Phi) is 15.7. The summed E-state index contributed by atoms with van der Waals surface area (Å²) >= 11 is 0. The van der Waals surface area contributed by atoms with Gasteiger partial charge in [-0.3, -0.25) is 0 Å². The van der Waals surface area contributed by atoms with Gasteiger partial charge in [0.25, 0.3) is 0 Å². The zero-order valence-electron chi connectivity index (χ0n) is 21.8. The Morgan fingerprint density at radius 3 is 1.15 bits per heavy atom. The summed E-state index contributed by atoms with van der Waals surface area (Å²) in [5, 5.41) is 0. The van der Waals surface area contributed by atoms with Crippen LogP contribution >= 0.6 is 0 Å². The Morgan fingerprint density at radius 2 is 0.758 bits per heavy atom. The van der Waals surface area contributed by atoms with Crippen molar-refractivity contribution in [2.75, 3.05) is 13.2 Å². The van der Waals surface area contributed by atoms with Crippen molar-refractivity contribution in [3.05, 3.63) is 70.8 Å². The van der Waals surface area contributed by atoms with Gasteiger partial charge in [-0.1, -0.05) is 113 Å². The summed E-state index contributed by atoms with van der Waals surface area (Å²) in [7, 11) is 0. The van der Waals surface area contributed by atoms with Crippen molar-refractivity contribution in [3.8, 4) is 0 Å². The van der Waals surface area contributed by atoms with Crippen molar-refractivity contribution < 1.29 is 4.74 Å². The maximum absolute atomic E-state index is 5.84. The highest BCUT2D eigenvalue weighted by Crippen LogP contribution is 2.15. The van der Waals surface area contributed by atoms with E-state index in [0.29, 0.717) is 0 Å². The van der Waals surface area contributed by atoms with Crippen LogP contribution in [0.4, 0.5) is 0 Å². The van der Waals surface area contributed by atoms with E-state index in [1.165, 1.54) is 125 Å². The van der Waals surface area contributed by atoms with Crippen molar-refractivity contribution in [2.45, 2.75) is 117 Å². The number of aryl methyl sites for hydroxylation is 4. The summed E-state index contributed by atoms with van der Waals surface area (Å²) in [4.78, 5) is 0. The number of ether oxygens (including phenoxy) is 1. The molecule has 2 aromatic rings. The van der Waals surface area contributed by atoms with E-state index >= 15 is 0 Å². The van der Waals surface area contributed by atoms with Crippen LogP contribution in [0.5, 0.6) is 0 Å². The van der Waals surface area contributed by atoms with Crippen LogP contribution in [-0.2, 0) is 17.6 Å². The van der Waals surface area contributed by atoms with Crippen LogP contribution in [0.1, 0.15) is 112 Å². The van der Waals surface area contributed by atoms with Gasteiger partial charge >= 0.3 is 0 Å². The number of hydrogen-bond donors (Lipinski definition) is 0. The van der Waals surface area contributed by atoms with Gasteiger partial charge in [0.2, 0.25) is 0 Å². The molecular weight excluding hydrogens is 400 g/mol. The van der Waals surface area contributed by atoms with E-state index in [4.69, 9.17) is 4.74 Å². The minimum atomic E-state index is 0.964. The lowest BCUT2D eigenvalue weighted by Crippen LogP contribution is -1.97. The smallest absolute Gasteiger partial charge is 0.0466 e. The first kappa shape index (κ1) is 27.6. The van der Waals surface area contributed by atoms with Gasteiger partial charge < -0.3 is 4.74 Å². The monoisotopic (exact) mass is 450 g/mol. The van der Waals surface area contributed by atoms with E-state index in [9.17, 15) is 0 Å². The average molecular weight is 451 g/mol. The zero-order valence-corrected chi connectivity index (χ0v) is 21.8. The number of rotatable bonds is 20. The van der Waals surface area contributed by atoms with Gasteiger partial charge in [0.15, 0.2) is 0 Å². The van der Waals surface area contributed by atoms with Gasteiger partial charge in [0, 0.05) is 13.2 Å². The number of benzene rings is 2. The predicted molar refractivity (Wildman–Crippen MR) is 145 cm³/mol. The summed E-state index contributed by atoms with van der Waals surface area (Å²) in [5.74, 6) is 0. The largest absolute Gasteiger partial charge is 0.381 e. The molecular formula is C32H50O. The second kappa shape index (κ2) is 18.8. The minimum absolute atomic E-state index is 0.964. The molecule has 0 amide bonds. The van der Waals surface area contributed by atoms with Crippen LogP contribution in [0.3, 0.4) is 0 Å². The third kappa shape index (κ3) is 13.6. The summed E-state index contributed by atoms with van der Waals surface area (Å²) in [5.41, 5.74) is 5.95.